The lowest BCUT2D eigenvalue weighted by Gasteiger charge is -2.07. The Morgan fingerprint density at radius 2 is 1.00 bits per heavy atom. The van der Waals surface area contributed by atoms with Crippen molar-refractivity contribution < 1.29 is 23.8 Å². The van der Waals surface area contributed by atoms with E-state index < -0.39 is 12.1 Å². The van der Waals surface area contributed by atoms with Gasteiger partial charge < -0.3 is 14.2 Å². The molecule has 2 aromatic carbocycles. The van der Waals surface area contributed by atoms with Crippen LogP contribution in [0, 0.1) is 0 Å². The molecule has 5 nitrogen and oxygen atoms in total. The lowest BCUT2D eigenvalue weighted by atomic mass is 10.0. The number of esters is 1. The Labute approximate surface area is 223 Å². The van der Waals surface area contributed by atoms with Crippen molar-refractivity contribution in [2.45, 2.75) is 110 Å². The maximum Gasteiger partial charge on any atom is 0.519 e. The topological polar surface area (TPSA) is 61.8 Å². The minimum Gasteiger partial charge on any atom is -0.462 e. The molecule has 2 rings (SSSR count). The van der Waals surface area contributed by atoms with Gasteiger partial charge >= 0.3 is 12.1 Å². The molecule has 0 aliphatic rings. The molecule has 0 radical (unpaired) electrons. The van der Waals surface area contributed by atoms with E-state index in [1.54, 1.807) is 31.2 Å². The smallest absolute Gasteiger partial charge is 0.462 e. The number of carbonyl (C=O) groups excluding carboxylic acids is 2. The third-order valence-corrected chi connectivity index (χ3v) is 6.51. The van der Waals surface area contributed by atoms with E-state index in [2.05, 4.69) is 6.92 Å². The fourth-order valence-electron chi connectivity index (χ4n) is 4.33. The zero-order valence-corrected chi connectivity index (χ0v) is 23.0. The van der Waals surface area contributed by atoms with Crippen LogP contribution in [0.15, 0.2) is 48.5 Å². The summed E-state index contributed by atoms with van der Waals surface area (Å²) in [6.45, 7) is 4.33. The second kappa shape index (κ2) is 19.3. The summed E-state index contributed by atoms with van der Waals surface area (Å²) < 4.78 is 15.4. The second-order valence-corrected chi connectivity index (χ2v) is 9.69. The monoisotopic (exact) mass is 510 g/mol. The van der Waals surface area contributed by atoms with Gasteiger partial charge in [-0.2, -0.15) is 0 Å². The summed E-state index contributed by atoms with van der Waals surface area (Å²) in [5.41, 5.74) is 1.64. The SMILES string of the molecule is CCCCCCCCCCCCCCCCc1ccc(OC(=O)Oc2ccc(C(=O)OCC)cc2)cc1. The van der Waals surface area contributed by atoms with Gasteiger partial charge in [-0.05, 0) is 61.7 Å². The minimum absolute atomic E-state index is 0.299. The first-order valence-electron chi connectivity index (χ1n) is 14.4. The van der Waals surface area contributed by atoms with Crippen molar-refractivity contribution in [3.8, 4) is 11.5 Å². The van der Waals surface area contributed by atoms with Crippen molar-refractivity contribution in [2.24, 2.45) is 0 Å². The number of hydrogen-bond acceptors (Lipinski definition) is 5. The maximum absolute atomic E-state index is 12.1. The van der Waals surface area contributed by atoms with Crippen molar-refractivity contribution in [1.29, 1.82) is 0 Å². The van der Waals surface area contributed by atoms with E-state index in [4.69, 9.17) is 14.2 Å². The van der Waals surface area contributed by atoms with Crippen LogP contribution < -0.4 is 9.47 Å². The van der Waals surface area contributed by atoms with Crippen LogP contribution in [0.5, 0.6) is 11.5 Å². The fraction of sp³-hybridized carbons (Fsp3) is 0.562. The normalized spacial score (nSPS) is 10.8. The maximum atomic E-state index is 12.1. The highest BCUT2D eigenvalue weighted by atomic mass is 16.7. The van der Waals surface area contributed by atoms with Crippen LogP contribution in [-0.2, 0) is 11.2 Å². The molecule has 0 N–H and O–H groups in total. The number of benzene rings is 2. The number of unbranched alkanes of at least 4 members (excludes halogenated alkanes) is 13. The summed E-state index contributed by atoms with van der Waals surface area (Å²) >= 11 is 0. The molecule has 2 aromatic rings. The van der Waals surface area contributed by atoms with Gasteiger partial charge in [0.25, 0.3) is 0 Å². The third-order valence-electron chi connectivity index (χ3n) is 6.51. The molecule has 0 fully saturated rings. The summed E-state index contributed by atoms with van der Waals surface area (Å²) in [6, 6.07) is 13.8. The molecule has 204 valence electrons. The van der Waals surface area contributed by atoms with Crippen LogP contribution in [0.4, 0.5) is 4.79 Å². The van der Waals surface area contributed by atoms with Crippen molar-refractivity contribution in [2.75, 3.05) is 6.61 Å². The Bertz CT molecular complexity index is 873. The van der Waals surface area contributed by atoms with E-state index in [1.807, 2.05) is 12.1 Å². The van der Waals surface area contributed by atoms with Crippen molar-refractivity contribution >= 4 is 12.1 Å². The zero-order chi connectivity index (χ0) is 26.6. The molecule has 0 aliphatic carbocycles. The van der Waals surface area contributed by atoms with Gasteiger partial charge in [0, 0.05) is 0 Å². The lowest BCUT2D eigenvalue weighted by Crippen LogP contribution is -2.14. The quantitative estimate of drug-likeness (QED) is 0.107. The number of aryl methyl sites for hydroxylation is 1. The van der Waals surface area contributed by atoms with E-state index in [0.29, 0.717) is 23.7 Å². The largest absolute Gasteiger partial charge is 0.519 e. The Hall–Kier alpha value is -2.82. The number of hydrogen-bond donors (Lipinski definition) is 0. The highest BCUT2D eigenvalue weighted by Gasteiger charge is 2.10. The highest BCUT2D eigenvalue weighted by Crippen LogP contribution is 2.18. The van der Waals surface area contributed by atoms with Gasteiger partial charge in [0.2, 0.25) is 0 Å². The first-order valence-corrected chi connectivity index (χ1v) is 14.4. The standard InChI is InChI=1S/C32H46O5/c1-3-5-6-7-8-9-10-11-12-13-14-15-16-17-18-27-19-23-29(24-20-27)36-32(34)37-30-25-21-28(22-26-30)31(33)35-4-2/h19-26H,3-18H2,1-2H3. The molecule has 0 aliphatic heterocycles. The van der Waals surface area contributed by atoms with Crippen molar-refractivity contribution in [3.05, 3.63) is 59.7 Å². The minimum atomic E-state index is -0.816. The molecule has 0 heterocycles. The van der Waals surface area contributed by atoms with Crippen LogP contribution >= 0.6 is 0 Å². The van der Waals surface area contributed by atoms with Crippen molar-refractivity contribution in [1.82, 2.24) is 0 Å². The average molecular weight is 511 g/mol. The Kier molecular flexibility index (Phi) is 15.9. The highest BCUT2D eigenvalue weighted by molar-refractivity contribution is 5.89. The van der Waals surface area contributed by atoms with E-state index in [0.717, 1.165) is 6.42 Å². The Morgan fingerprint density at radius 3 is 1.46 bits per heavy atom. The molecule has 5 heteroatoms. The molecule has 37 heavy (non-hydrogen) atoms. The number of carbonyl (C=O) groups is 2. The van der Waals surface area contributed by atoms with Crippen LogP contribution in [0.1, 0.15) is 120 Å². The predicted octanol–water partition coefficient (Wildman–Crippen LogP) is 9.46. The van der Waals surface area contributed by atoms with Gasteiger partial charge in [-0.3, -0.25) is 0 Å². The Balaban J connectivity index is 1.52. The van der Waals surface area contributed by atoms with Gasteiger partial charge in [0.1, 0.15) is 11.5 Å². The van der Waals surface area contributed by atoms with Crippen molar-refractivity contribution in [3.63, 3.8) is 0 Å². The van der Waals surface area contributed by atoms with Gasteiger partial charge in [-0.25, -0.2) is 9.59 Å². The van der Waals surface area contributed by atoms with Gasteiger partial charge in [0.05, 0.1) is 12.2 Å². The van der Waals surface area contributed by atoms with E-state index in [9.17, 15) is 9.59 Å². The molecule has 0 bridgehead atoms. The predicted molar refractivity (Wildman–Crippen MR) is 150 cm³/mol. The molecular formula is C32H46O5. The summed E-state index contributed by atoms with van der Waals surface area (Å²) in [6.07, 6.45) is 19.3. The van der Waals surface area contributed by atoms with Gasteiger partial charge in [-0.1, -0.05) is 103 Å². The molecule has 0 atom stereocenters. The molecule has 0 amide bonds. The summed E-state index contributed by atoms with van der Waals surface area (Å²) in [5, 5.41) is 0. The number of rotatable bonds is 19. The third kappa shape index (κ3) is 13.9. The summed E-state index contributed by atoms with van der Waals surface area (Å²) in [7, 11) is 0. The molecular weight excluding hydrogens is 464 g/mol. The first kappa shape index (κ1) is 30.4. The number of ether oxygens (including phenoxy) is 3. The van der Waals surface area contributed by atoms with E-state index in [1.165, 1.54) is 108 Å². The summed E-state index contributed by atoms with van der Waals surface area (Å²) in [5.74, 6) is 0.330. The van der Waals surface area contributed by atoms with E-state index in [-0.39, 0.29) is 0 Å². The van der Waals surface area contributed by atoms with Gasteiger partial charge in [0.15, 0.2) is 0 Å². The fourth-order valence-corrected chi connectivity index (χ4v) is 4.33. The average Bonchev–Trinajstić information content (AvgIpc) is 2.90. The second-order valence-electron chi connectivity index (χ2n) is 9.69. The molecule has 0 aromatic heterocycles. The zero-order valence-electron chi connectivity index (χ0n) is 23.0. The van der Waals surface area contributed by atoms with Crippen LogP contribution in [0.25, 0.3) is 0 Å². The molecule has 0 spiro atoms. The molecule has 0 saturated heterocycles. The molecule has 0 unspecified atom stereocenters. The van der Waals surface area contributed by atoms with E-state index >= 15 is 0 Å². The van der Waals surface area contributed by atoms with Crippen LogP contribution in [0.2, 0.25) is 0 Å². The lowest BCUT2D eigenvalue weighted by molar-refractivity contribution is 0.0526. The van der Waals surface area contributed by atoms with Crippen LogP contribution in [-0.4, -0.2) is 18.7 Å². The Morgan fingerprint density at radius 1 is 0.568 bits per heavy atom. The molecule has 0 saturated carbocycles. The van der Waals surface area contributed by atoms with Crippen LogP contribution in [0.3, 0.4) is 0 Å². The first-order chi connectivity index (χ1) is 18.1. The van der Waals surface area contributed by atoms with Gasteiger partial charge in [-0.15, -0.1) is 0 Å². The summed E-state index contributed by atoms with van der Waals surface area (Å²) in [4.78, 5) is 23.8.